The van der Waals surface area contributed by atoms with Crippen molar-refractivity contribution in [2.45, 2.75) is 25.8 Å². The first kappa shape index (κ1) is 14.5. The van der Waals surface area contributed by atoms with E-state index in [0.717, 1.165) is 17.7 Å². The summed E-state index contributed by atoms with van der Waals surface area (Å²) in [6.45, 7) is 2.40. The number of halogens is 1. The van der Waals surface area contributed by atoms with Crippen LogP contribution in [-0.4, -0.2) is 17.6 Å². The van der Waals surface area contributed by atoms with E-state index in [1.54, 1.807) is 12.3 Å². The maximum absolute atomic E-state index is 13.3. The fourth-order valence-corrected chi connectivity index (χ4v) is 2.01. The molecule has 1 atom stereocenters. The van der Waals surface area contributed by atoms with Crippen LogP contribution in [0, 0.1) is 5.82 Å². The van der Waals surface area contributed by atoms with Crippen molar-refractivity contribution in [3.63, 3.8) is 0 Å². The van der Waals surface area contributed by atoms with E-state index in [0.29, 0.717) is 18.8 Å². The molecule has 20 heavy (non-hydrogen) atoms. The van der Waals surface area contributed by atoms with Gasteiger partial charge in [-0.1, -0.05) is 6.07 Å². The van der Waals surface area contributed by atoms with Crippen LogP contribution in [0.1, 0.15) is 18.2 Å². The van der Waals surface area contributed by atoms with Gasteiger partial charge >= 0.3 is 0 Å². The van der Waals surface area contributed by atoms with Crippen molar-refractivity contribution in [1.82, 2.24) is 4.98 Å². The van der Waals surface area contributed by atoms with Crippen LogP contribution in [0.5, 0.6) is 5.75 Å². The Kier molecular flexibility index (Phi) is 5.07. The molecular weight excluding hydrogens is 255 g/mol. The smallest absolute Gasteiger partial charge is 0.123 e. The quantitative estimate of drug-likeness (QED) is 0.881. The summed E-state index contributed by atoms with van der Waals surface area (Å²) in [7, 11) is 0. The number of ether oxygens (including phenoxy) is 1. The predicted octanol–water partition coefficient (Wildman–Crippen LogP) is 2.73. The van der Waals surface area contributed by atoms with Gasteiger partial charge in [0.2, 0.25) is 0 Å². The molecule has 2 rings (SSSR count). The Morgan fingerprint density at radius 1 is 1.30 bits per heavy atom. The molecule has 3 nitrogen and oxygen atoms in total. The molecule has 2 N–H and O–H groups in total. The van der Waals surface area contributed by atoms with Crippen molar-refractivity contribution in [1.29, 1.82) is 0 Å². The molecule has 0 aliphatic rings. The molecule has 1 aromatic heterocycles. The molecule has 0 bridgehead atoms. The second-order valence-corrected chi connectivity index (χ2v) is 4.85. The Balaban J connectivity index is 1.98. The Morgan fingerprint density at radius 2 is 2.15 bits per heavy atom. The lowest BCUT2D eigenvalue weighted by atomic mass is 10.1. The monoisotopic (exact) mass is 274 g/mol. The van der Waals surface area contributed by atoms with Crippen LogP contribution < -0.4 is 10.5 Å². The highest BCUT2D eigenvalue weighted by atomic mass is 19.1. The highest BCUT2D eigenvalue weighted by molar-refractivity contribution is 5.34. The van der Waals surface area contributed by atoms with Crippen molar-refractivity contribution in [3.05, 3.63) is 59.7 Å². The summed E-state index contributed by atoms with van der Waals surface area (Å²) in [6.07, 6.45) is 3.07. The molecule has 0 radical (unpaired) electrons. The maximum atomic E-state index is 13.3. The summed E-state index contributed by atoms with van der Waals surface area (Å²) in [5, 5.41) is 0. The van der Waals surface area contributed by atoms with Crippen LogP contribution >= 0.6 is 0 Å². The average Bonchev–Trinajstić information content (AvgIpc) is 2.42. The summed E-state index contributed by atoms with van der Waals surface area (Å²) in [4.78, 5) is 4.23. The molecule has 1 aromatic carbocycles. The minimum Gasteiger partial charge on any atom is -0.493 e. The van der Waals surface area contributed by atoms with Gasteiger partial charge in [-0.25, -0.2) is 4.39 Å². The number of aromatic nitrogens is 1. The fraction of sp³-hybridized carbons (Fsp3) is 0.312. The Labute approximate surface area is 118 Å². The summed E-state index contributed by atoms with van der Waals surface area (Å²) < 4.78 is 19.0. The van der Waals surface area contributed by atoms with E-state index in [-0.39, 0.29) is 11.9 Å². The highest BCUT2D eigenvalue weighted by Gasteiger charge is 2.08. The van der Waals surface area contributed by atoms with Gasteiger partial charge in [0.05, 0.1) is 6.61 Å². The number of nitrogens with zero attached hydrogens (tertiary/aromatic N) is 1. The Morgan fingerprint density at radius 3 is 2.85 bits per heavy atom. The molecule has 0 fully saturated rings. The van der Waals surface area contributed by atoms with Gasteiger partial charge in [0.1, 0.15) is 11.6 Å². The van der Waals surface area contributed by atoms with Crippen LogP contribution in [0.25, 0.3) is 0 Å². The van der Waals surface area contributed by atoms with Gasteiger partial charge in [-0.15, -0.1) is 0 Å². The van der Waals surface area contributed by atoms with E-state index in [1.165, 1.54) is 12.1 Å². The first-order valence-electron chi connectivity index (χ1n) is 6.72. The van der Waals surface area contributed by atoms with E-state index >= 15 is 0 Å². The normalized spacial score (nSPS) is 12.2. The number of pyridine rings is 1. The van der Waals surface area contributed by atoms with Crippen LogP contribution in [0.3, 0.4) is 0 Å². The van der Waals surface area contributed by atoms with Crippen LogP contribution in [0.2, 0.25) is 0 Å². The number of hydrogen-bond acceptors (Lipinski definition) is 3. The molecule has 2 aromatic rings. The van der Waals surface area contributed by atoms with Gasteiger partial charge in [0, 0.05) is 24.4 Å². The third kappa shape index (κ3) is 4.31. The summed E-state index contributed by atoms with van der Waals surface area (Å²) in [6, 6.07) is 10.3. The van der Waals surface area contributed by atoms with E-state index < -0.39 is 0 Å². The van der Waals surface area contributed by atoms with Crippen LogP contribution in [0.4, 0.5) is 4.39 Å². The summed E-state index contributed by atoms with van der Waals surface area (Å²) >= 11 is 0. The third-order valence-corrected chi connectivity index (χ3v) is 2.91. The molecule has 0 saturated carbocycles. The van der Waals surface area contributed by atoms with E-state index in [4.69, 9.17) is 10.5 Å². The summed E-state index contributed by atoms with van der Waals surface area (Å²) in [5.41, 5.74) is 7.56. The molecule has 106 valence electrons. The zero-order chi connectivity index (χ0) is 14.4. The third-order valence-electron chi connectivity index (χ3n) is 2.91. The predicted molar refractivity (Wildman–Crippen MR) is 77.2 cm³/mol. The van der Waals surface area contributed by atoms with Gasteiger partial charge in [-0.2, -0.15) is 0 Å². The molecule has 0 spiro atoms. The lowest BCUT2D eigenvalue weighted by Gasteiger charge is -2.13. The molecule has 1 unspecified atom stereocenters. The standard InChI is InChI=1S/C16H19FN2O/c1-12(18)10-13-11-14(17)5-6-16(13)20-9-7-15-4-2-3-8-19-15/h2-6,8,11-12H,7,9-10,18H2,1H3. The zero-order valence-corrected chi connectivity index (χ0v) is 11.6. The first-order valence-corrected chi connectivity index (χ1v) is 6.72. The molecular formula is C16H19FN2O. The molecule has 0 amide bonds. The molecule has 0 aliphatic carbocycles. The number of hydrogen-bond donors (Lipinski definition) is 1. The largest absolute Gasteiger partial charge is 0.493 e. The minimum atomic E-state index is -0.266. The number of benzene rings is 1. The van der Waals surface area contributed by atoms with Gasteiger partial charge in [0.15, 0.2) is 0 Å². The fourth-order valence-electron chi connectivity index (χ4n) is 2.01. The van der Waals surface area contributed by atoms with Crippen LogP contribution in [-0.2, 0) is 12.8 Å². The van der Waals surface area contributed by atoms with Crippen molar-refractivity contribution >= 4 is 0 Å². The molecule has 4 heteroatoms. The maximum Gasteiger partial charge on any atom is 0.123 e. The van der Waals surface area contributed by atoms with Crippen molar-refractivity contribution in [3.8, 4) is 5.75 Å². The molecule has 1 heterocycles. The highest BCUT2D eigenvalue weighted by Crippen LogP contribution is 2.21. The van der Waals surface area contributed by atoms with Crippen molar-refractivity contribution < 1.29 is 9.13 Å². The summed E-state index contributed by atoms with van der Waals surface area (Å²) in [5.74, 6) is 0.428. The van der Waals surface area contributed by atoms with Crippen LogP contribution in [0.15, 0.2) is 42.6 Å². The van der Waals surface area contributed by atoms with E-state index in [9.17, 15) is 4.39 Å². The van der Waals surface area contributed by atoms with Gasteiger partial charge in [-0.05, 0) is 49.2 Å². The first-order chi connectivity index (χ1) is 9.65. The second kappa shape index (κ2) is 7.01. The minimum absolute atomic E-state index is 0.0325. The average molecular weight is 274 g/mol. The van der Waals surface area contributed by atoms with Gasteiger partial charge in [-0.3, -0.25) is 4.98 Å². The SMILES string of the molecule is CC(N)Cc1cc(F)ccc1OCCc1ccccn1. The second-order valence-electron chi connectivity index (χ2n) is 4.85. The molecule has 0 aliphatic heterocycles. The van der Waals surface area contributed by atoms with E-state index in [2.05, 4.69) is 4.98 Å². The van der Waals surface area contributed by atoms with Gasteiger partial charge < -0.3 is 10.5 Å². The van der Waals surface area contributed by atoms with Gasteiger partial charge in [0.25, 0.3) is 0 Å². The number of nitrogens with two attached hydrogens (primary N) is 1. The lowest BCUT2D eigenvalue weighted by molar-refractivity contribution is 0.316. The van der Waals surface area contributed by atoms with Crippen molar-refractivity contribution in [2.24, 2.45) is 5.73 Å². The Hall–Kier alpha value is -1.94. The lowest BCUT2D eigenvalue weighted by Crippen LogP contribution is -2.18. The topological polar surface area (TPSA) is 48.1 Å². The van der Waals surface area contributed by atoms with Crippen molar-refractivity contribution in [2.75, 3.05) is 6.61 Å². The van der Waals surface area contributed by atoms with E-state index in [1.807, 2.05) is 25.1 Å². The molecule has 0 saturated heterocycles. The zero-order valence-electron chi connectivity index (χ0n) is 11.6. The number of rotatable bonds is 6. The Bertz CT molecular complexity index is 543.